The minimum atomic E-state index is -0.144. The van der Waals surface area contributed by atoms with E-state index in [2.05, 4.69) is 44.5 Å². The van der Waals surface area contributed by atoms with Crippen LogP contribution in [0.4, 0.5) is 0 Å². The minimum absolute atomic E-state index is 0.129. The van der Waals surface area contributed by atoms with Crippen LogP contribution in [-0.2, 0) is 19.6 Å². The number of aromatic nitrogens is 5. The average Bonchev–Trinajstić information content (AvgIpc) is 3.58. The highest BCUT2D eigenvalue weighted by Gasteiger charge is 2.27. The summed E-state index contributed by atoms with van der Waals surface area (Å²) in [7, 11) is 1.63. The van der Waals surface area contributed by atoms with Crippen molar-refractivity contribution in [3.05, 3.63) is 106 Å². The van der Waals surface area contributed by atoms with Crippen molar-refractivity contribution in [3.8, 4) is 5.75 Å². The maximum atomic E-state index is 13.0. The van der Waals surface area contributed by atoms with Crippen molar-refractivity contribution in [2.45, 2.75) is 39.0 Å². The third kappa shape index (κ3) is 5.06. The minimum Gasteiger partial charge on any atom is -0.497 e. The summed E-state index contributed by atoms with van der Waals surface area (Å²) in [6, 6.07) is 21.3. The zero-order valence-electron chi connectivity index (χ0n) is 20.3. The molecule has 36 heavy (non-hydrogen) atoms. The molecule has 0 radical (unpaired) electrons. The molecule has 5 aromatic rings. The second-order valence-electron chi connectivity index (χ2n) is 8.67. The first-order valence-corrected chi connectivity index (χ1v) is 11.9. The summed E-state index contributed by atoms with van der Waals surface area (Å²) >= 11 is 0. The molecule has 184 valence electrons. The SMILES string of the molecule is CC[C@@H](c1nnnn1Cc1ccccc1)N(Cc1ccco1)Cc1cc2cc(OC)ccc2[nH]c1=O. The lowest BCUT2D eigenvalue weighted by atomic mass is 10.1. The average molecular weight is 485 g/mol. The Labute approximate surface area is 208 Å². The number of H-pyrrole nitrogens is 1. The van der Waals surface area contributed by atoms with Gasteiger partial charge < -0.3 is 14.1 Å². The van der Waals surface area contributed by atoms with Crippen LogP contribution in [-0.4, -0.2) is 37.2 Å². The van der Waals surface area contributed by atoms with Crippen LogP contribution in [0.15, 0.2) is 82.2 Å². The third-order valence-corrected chi connectivity index (χ3v) is 6.30. The lowest BCUT2D eigenvalue weighted by molar-refractivity contribution is 0.149. The van der Waals surface area contributed by atoms with Gasteiger partial charge in [-0.1, -0.05) is 37.3 Å². The molecule has 0 saturated heterocycles. The number of methoxy groups -OCH3 is 1. The number of hydrogen-bond acceptors (Lipinski definition) is 7. The van der Waals surface area contributed by atoms with Crippen molar-refractivity contribution in [3.63, 3.8) is 0 Å². The van der Waals surface area contributed by atoms with Crippen molar-refractivity contribution in [2.24, 2.45) is 0 Å². The van der Waals surface area contributed by atoms with Crippen molar-refractivity contribution in [1.82, 2.24) is 30.1 Å². The summed E-state index contributed by atoms with van der Waals surface area (Å²) in [5, 5.41) is 13.6. The molecule has 9 heteroatoms. The van der Waals surface area contributed by atoms with Gasteiger partial charge in [-0.3, -0.25) is 9.69 Å². The molecule has 3 heterocycles. The van der Waals surface area contributed by atoms with E-state index >= 15 is 0 Å². The first-order chi connectivity index (χ1) is 17.6. The van der Waals surface area contributed by atoms with Crippen LogP contribution >= 0.6 is 0 Å². The molecule has 0 amide bonds. The van der Waals surface area contributed by atoms with Gasteiger partial charge in [-0.15, -0.1) is 5.10 Å². The lowest BCUT2D eigenvalue weighted by Crippen LogP contribution is -2.32. The van der Waals surface area contributed by atoms with Crippen LogP contribution in [0, 0.1) is 0 Å². The molecule has 5 rings (SSSR count). The Kier molecular flexibility index (Phi) is 6.90. The van der Waals surface area contributed by atoms with Crippen LogP contribution < -0.4 is 10.3 Å². The van der Waals surface area contributed by atoms with E-state index in [9.17, 15) is 4.79 Å². The molecule has 2 aromatic carbocycles. The monoisotopic (exact) mass is 484 g/mol. The Bertz CT molecular complexity index is 1480. The van der Waals surface area contributed by atoms with E-state index in [-0.39, 0.29) is 11.6 Å². The van der Waals surface area contributed by atoms with E-state index in [4.69, 9.17) is 9.15 Å². The topological polar surface area (TPSA) is 102 Å². The molecule has 1 atom stereocenters. The van der Waals surface area contributed by atoms with Gasteiger partial charge in [-0.2, -0.15) is 0 Å². The number of nitrogens with one attached hydrogen (secondary N) is 1. The Hall–Kier alpha value is -4.24. The quantitative estimate of drug-likeness (QED) is 0.315. The number of aromatic amines is 1. The maximum Gasteiger partial charge on any atom is 0.252 e. The summed E-state index contributed by atoms with van der Waals surface area (Å²) in [6.07, 6.45) is 2.40. The molecule has 0 aliphatic rings. The Morgan fingerprint density at radius 3 is 2.69 bits per heavy atom. The second kappa shape index (κ2) is 10.6. The second-order valence-corrected chi connectivity index (χ2v) is 8.67. The Morgan fingerprint density at radius 2 is 1.94 bits per heavy atom. The molecule has 0 saturated carbocycles. The number of rotatable bonds is 10. The zero-order valence-corrected chi connectivity index (χ0v) is 20.3. The van der Waals surface area contributed by atoms with Gasteiger partial charge in [0.25, 0.3) is 5.56 Å². The van der Waals surface area contributed by atoms with E-state index in [0.717, 1.165) is 40.2 Å². The third-order valence-electron chi connectivity index (χ3n) is 6.30. The van der Waals surface area contributed by atoms with Crippen LogP contribution in [0.3, 0.4) is 0 Å². The van der Waals surface area contributed by atoms with Gasteiger partial charge in [-0.25, -0.2) is 4.68 Å². The van der Waals surface area contributed by atoms with Crippen LogP contribution in [0.5, 0.6) is 5.75 Å². The van der Waals surface area contributed by atoms with Gasteiger partial charge in [0.15, 0.2) is 5.82 Å². The molecular formula is C27H28N6O3. The summed E-state index contributed by atoms with van der Waals surface area (Å²) in [5.74, 6) is 2.28. The largest absolute Gasteiger partial charge is 0.497 e. The predicted molar refractivity (Wildman–Crippen MR) is 135 cm³/mol. The summed E-state index contributed by atoms with van der Waals surface area (Å²) in [5.41, 5.74) is 2.39. The number of ether oxygens (including phenoxy) is 1. The van der Waals surface area contributed by atoms with Crippen LogP contribution in [0.2, 0.25) is 0 Å². The standard InChI is InChI=1S/C27H28N6O3/c1-3-25(26-29-30-31-33(26)16-19-8-5-4-6-9-19)32(18-23-10-7-13-36-23)17-21-14-20-15-22(35-2)11-12-24(20)28-27(21)34/h4-15,25H,3,16-18H2,1-2H3,(H,28,34)/t25-/m0/s1. The Morgan fingerprint density at radius 1 is 1.08 bits per heavy atom. The van der Waals surface area contributed by atoms with Gasteiger partial charge in [0, 0.05) is 23.0 Å². The maximum absolute atomic E-state index is 13.0. The summed E-state index contributed by atoms with van der Waals surface area (Å²) in [6.45, 7) is 3.54. The fourth-order valence-electron chi connectivity index (χ4n) is 4.50. The van der Waals surface area contributed by atoms with Crippen molar-refractivity contribution in [2.75, 3.05) is 7.11 Å². The van der Waals surface area contributed by atoms with Crippen LogP contribution in [0.25, 0.3) is 10.9 Å². The van der Waals surface area contributed by atoms with Gasteiger partial charge >= 0.3 is 0 Å². The van der Waals surface area contributed by atoms with Gasteiger partial charge in [-0.05, 0) is 58.8 Å². The molecule has 9 nitrogen and oxygen atoms in total. The van der Waals surface area contributed by atoms with E-state index in [1.807, 2.05) is 59.3 Å². The summed E-state index contributed by atoms with van der Waals surface area (Å²) in [4.78, 5) is 18.2. The van der Waals surface area contributed by atoms with Crippen molar-refractivity contribution in [1.29, 1.82) is 0 Å². The molecule has 1 N–H and O–H groups in total. The molecule has 0 aliphatic heterocycles. The van der Waals surface area contributed by atoms with Gasteiger partial charge in [0.05, 0.1) is 32.5 Å². The molecule has 0 fully saturated rings. The fraction of sp³-hybridized carbons (Fsp3) is 0.259. The van der Waals surface area contributed by atoms with E-state index in [1.165, 1.54) is 0 Å². The number of benzene rings is 2. The number of hydrogen-bond donors (Lipinski definition) is 1. The highest BCUT2D eigenvalue weighted by atomic mass is 16.5. The first kappa shape index (κ1) is 23.5. The predicted octanol–water partition coefficient (Wildman–Crippen LogP) is 4.32. The number of tetrazole rings is 1. The molecule has 0 bridgehead atoms. The smallest absolute Gasteiger partial charge is 0.252 e. The van der Waals surface area contributed by atoms with E-state index in [0.29, 0.717) is 25.2 Å². The molecular weight excluding hydrogens is 456 g/mol. The molecule has 0 aliphatic carbocycles. The zero-order chi connectivity index (χ0) is 24.9. The number of fused-ring (bicyclic) bond motifs is 1. The molecule has 0 unspecified atom stereocenters. The van der Waals surface area contributed by atoms with Gasteiger partial charge in [0.2, 0.25) is 0 Å². The fourth-order valence-corrected chi connectivity index (χ4v) is 4.50. The lowest BCUT2D eigenvalue weighted by Gasteiger charge is -2.29. The first-order valence-electron chi connectivity index (χ1n) is 11.9. The van der Waals surface area contributed by atoms with Gasteiger partial charge in [0.1, 0.15) is 11.5 Å². The van der Waals surface area contributed by atoms with Crippen molar-refractivity contribution >= 4 is 10.9 Å². The van der Waals surface area contributed by atoms with Crippen LogP contribution in [0.1, 0.15) is 42.1 Å². The van der Waals surface area contributed by atoms with Crippen molar-refractivity contribution < 1.29 is 9.15 Å². The van der Waals surface area contributed by atoms with E-state index < -0.39 is 0 Å². The molecule has 0 spiro atoms. The van der Waals surface area contributed by atoms with E-state index in [1.54, 1.807) is 13.4 Å². The Balaban J connectivity index is 1.51. The highest BCUT2D eigenvalue weighted by Crippen LogP contribution is 2.27. The number of nitrogens with zero attached hydrogens (tertiary/aromatic N) is 5. The highest BCUT2D eigenvalue weighted by molar-refractivity contribution is 5.80. The number of pyridine rings is 1. The number of furan rings is 1. The summed E-state index contributed by atoms with van der Waals surface area (Å²) < 4.78 is 12.9. The molecule has 3 aromatic heterocycles. The normalized spacial score (nSPS) is 12.3.